The standard InChI is InChI=1S/C19H20O5/c1-3-12-22-16-8-10-17(11-9-16)23-13-19(21)24-18-6-4-15(5-7-18)14(2)20/h4-11H,3,12-13H2,1-2H3. The third-order valence-electron chi connectivity index (χ3n) is 3.15. The summed E-state index contributed by atoms with van der Waals surface area (Å²) >= 11 is 0. The van der Waals surface area contributed by atoms with E-state index >= 15 is 0 Å². The summed E-state index contributed by atoms with van der Waals surface area (Å²) in [7, 11) is 0. The average molecular weight is 328 g/mol. The lowest BCUT2D eigenvalue weighted by Crippen LogP contribution is -2.17. The second kappa shape index (κ2) is 8.72. The normalized spacial score (nSPS) is 10.1. The van der Waals surface area contributed by atoms with Crippen molar-refractivity contribution in [3.63, 3.8) is 0 Å². The molecule has 5 heteroatoms. The van der Waals surface area contributed by atoms with Gasteiger partial charge in [0.15, 0.2) is 12.4 Å². The molecule has 0 aliphatic heterocycles. The lowest BCUT2D eigenvalue weighted by molar-refractivity contribution is -0.136. The Morgan fingerprint density at radius 3 is 1.92 bits per heavy atom. The number of benzene rings is 2. The second-order valence-corrected chi connectivity index (χ2v) is 5.16. The molecule has 0 fully saturated rings. The maximum atomic E-state index is 11.8. The quantitative estimate of drug-likeness (QED) is 0.420. The van der Waals surface area contributed by atoms with E-state index in [1.165, 1.54) is 6.92 Å². The van der Waals surface area contributed by atoms with E-state index in [1.807, 2.05) is 6.92 Å². The van der Waals surface area contributed by atoms with E-state index in [-0.39, 0.29) is 12.4 Å². The zero-order valence-corrected chi connectivity index (χ0v) is 13.8. The summed E-state index contributed by atoms with van der Waals surface area (Å²) in [5.74, 6) is 1.14. The van der Waals surface area contributed by atoms with Gasteiger partial charge in [0, 0.05) is 5.56 Å². The predicted octanol–water partition coefficient (Wildman–Crippen LogP) is 3.66. The summed E-state index contributed by atoms with van der Waals surface area (Å²) < 4.78 is 16.0. The van der Waals surface area contributed by atoms with Crippen LogP contribution in [0, 0.1) is 0 Å². The second-order valence-electron chi connectivity index (χ2n) is 5.16. The number of Topliss-reactive ketones (excluding diaryl/α,β-unsaturated/α-hetero) is 1. The fourth-order valence-electron chi connectivity index (χ4n) is 1.91. The third kappa shape index (κ3) is 5.43. The molecule has 2 aromatic carbocycles. The molecule has 0 unspecified atom stereocenters. The van der Waals surface area contributed by atoms with Gasteiger partial charge in [0.05, 0.1) is 6.61 Å². The average Bonchev–Trinajstić information content (AvgIpc) is 2.59. The first-order valence-corrected chi connectivity index (χ1v) is 7.76. The number of hydrogen-bond donors (Lipinski definition) is 0. The lowest BCUT2D eigenvalue weighted by atomic mass is 10.1. The summed E-state index contributed by atoms with van der Waals surface area (Å²) in [6.07, 6.45) is 0.942. The fourth-order valence-corrected chi connectivity index (χ4v) is 1.91. The lowest BCUT2D eigenvalue weighted by Gasteiger charge is -2.08. The Kier molecular flexibility index (Phi) is 6.37. The molecule has 0 spiro atoms. The summed E-state index contributed by atoms with van der Waals surface area (Å²) in [5.41, 5.74) is 0.566. The van der Waals surface area contributed by atoms with Crippen LogP contribution in [0.15, 0.2) is 48.5 Å². The number of esters is 1. The molecule has 126 valence electrons. The van der Waals surface area contributed by atoms with Gasteiger partial charge in [0.2, 0.25) is 0 Å². The van der Waals surface area contributed by atoms with Crippen molar-refractivity contribution >= 4 is 11.8 Å². The molecule has 5 nitrogen and oxygen atoms in total. The van der Waals surface area contributed by atoms with Crippen molar-refractivity contribution in [1.29, 1.82) is 0 Å². The molecule has 0 bridgehead atoms. The van der Waals surface area contributed by atoms with Gasteiger partial charge in [0.1, 0.15) is 17.2 Å². The van der Waals surface area contributed by atoms with Crippen LogP contribution in [-0.2, 0) is 4.79 Å². The van der Waals surface area contributed by atoms with E-state index in [1.54, 1.807) is 48.5 Å². The predicted molar refractivity (Wildman–Crippen MR) is 89.8 cm³/mol. The number of ether oxygens (including phenoxy) is 3. The first-order valence-electron chi connectivity index (χ1n) is 7.76. The maximum Gasteiger partial charge on any atom is 0.349 e. The molecular formula is C19H20O5. The molecule has 0 aliphatic rings. The van der Waals surface area contributed by atoms with Crippen LogP contribution in [0.5, 0.6) is 17.2 Å². The van der Waals surface area contributed by atoms with Crippen LogP contribution in [0.4, 0.5) is 0 Å². The van der Waals surface area contributed by atoms with E-state index in [4.69, 9.17) is 14.2 Å². The maximum absolute atomic E-state index is 11.8. The summed E-state index contributed by atoms with van der Waals surface area (Å²) in [4.78, 5) is 23.0. The largest absolute Gasteiger partial charge is 0.494 e. The van der Waals surface area contributed by atoms with Gasteiger partial charge in [-0.1, -0.05) is 6.92 Å². The van der Waals surface area contributed by atoms with Gasteiger partial charge >= 0.3 is 5.97 Å². The molecule has 0 saturated heterocycles. The Labute approximate surface area is 141 Å². The molecular weight excluding hydrogens is 308 g/mol. The van der Waals surface area contributed by atoms with Crippen molar-refractivity contribution in [2.45, 2.75) is 20.3 Å². The molecule has 0 heterocycles. The zero-order valence-electron chi connectivity index (χ0n) is 13.8. The van der Waals surface area contributed by atoms with Crippen LogP contribution in [0.25, 0.3) is 0 Å². The van der Waals surface area contributed by atoms with E-state index in [9.17, 15) is 9.59 Å². The Morgan fingerprint density at radius 2 is 1.38 bits per heavy atom. The van der Waals surface area contributed by atoms with Crippen LogP contribution in [0.1, 0.15) is 30.6 Å². The minimum atomic E-state index is -0.517. The molecule has 0 radical (unpaired) electrons. The minimum Gasteiger partial charge on any atom is -0.494 e. The molecule has 0 atom stereocenters. The first-order chi connectivity index (χ1) is 11.6. The van der Waals surface area contributed by atoms with Gasteiger partial charge in [-0.15, -0.1) is 0 Å². The highest BCUT2D eigenvalue weighted by Gasteiger charge is 2.07. The SMILES string of the molecule is CCCOc1ccc(OCC(=O)Oc2ccc(C(C)=O)cc2)cc1. The fraction of sp³-hybridized carbons (Fsp3) is 0.263. The number of hydrogen-bond acceptors (Lipinski definition) is 5. The van der Waals surface area contributed by atoms with Crippen molar-refractivity contribution in [3.05, 3.63) is 54.1 Å². The molecule has 0 N–H and O–H groups in total. The van der Waals surface area contributed by atoms with Crippen molar-refractivity contribution < 1.29 is 23.8 Å². The molecule has 0 amide bonds. The monoisotopic (exact) mass is 328 g/mol. The van der Waals surface area contributed by atoms with E-state index in [0.717, 1.165) is 12.2 Å². The highest BCUT2D eigenvalue weighted by Crippen LogP contribution is 2.18. The molecule has 0 aliphatic carbocycles. The van der Waals surface area contributed by atoms with Crippen molar-refractivity contribution in [3.8, 4) is 17.2 Å². The van der Waals surface area contributed by atoms with Crippen LogP contribution < -0.4 is 14.2 Å². The Hall–Kier alpha value is -2.82. The molecule has 2 rings (SSSR count). The van der Waals surface area contributed by atoms with Gasteiger partial charge in [0.25, 0.3) is 0 Å². The molecule has 2 aromatic rings. The first kappa shape index (κ1) is 17.5. The van der Waals surface area contributed by atoms with Crippen LogP contribution in [0.2, 0.25) is 0 Å². The summed E-state index contributed by atoms with van der Waals surface area (Å²) in [6, 6.07) is 13.4. The van der Waals surface area contributed by atoms with Crippen LogP contribution in [0.3, 0.4) is 0 Å². The minimum absolute atomic E-state index is 0.0393. The number of rotatable bonds is 8. The number of carbonyl (C=O) groups is 2. The third-order valence-corrected chi connectivity index (χ3v) is 3.15. The molecule has 0 saturated carbocycles. The topological polar surface area (TPSA) is 61.8 Å². The van der Waals surface area contributed by atoms with Gasteiger partial charge in [-0.05, 0) is 61.9 Å². The van der Waals surface area contributed by atoms with E-state index < -0.39 is 5.97 Å². The van der Waals surface area contributed by atoms with Crippen LogP contribution >= 0.6 is 0 Å². The summed E-state index contributed by atoms with van der Waals surface area (Å²) in [5, 5.41) is 0. The Morgan fingerprint density at radius 1 is 0.833 bits per heavy atom. The highest BCUT2D eigenvalue weighted by molar-refractivity contribution is 5.94. The van der Waals surface area contributed by atoms with Gasteiger partial charge < -0.3 is 14.2 Å². The smallest absolute Gasteiger partial charge is 0.349 e. The number of ketones is 1. The zero-order chi connectivity index (χ0) is 17.4. The van der Waals surface area contributed by atoms with Gasteiger partial charge in [-0.3, -0.25) is 4.79 Å². The van der Waals surface area contributed by atoms with Crippen molar-refractivity contribution in [2.75, 3.05) is 13.2 Å². The van der Waals surface area contributed by atoms with Crippen LogP contribution in [-0.4, -0.2) is 25.0 Å². The Bertz CT molecular complexity index is 674. The van der Waals surface area contributed by atoms with E-state index in [2.05, 4.69) is 0 Å². The highest BCUT2D eigenvalue weighted by atomic mass is 16.6. The molecule has 24 heavy (non-hydrogen) atoms. The molecule has 0 aromatic heterocycles. The summed E-state index contributed by atoms with van der Waals surface area (Å²) in [6.45, 7) is 3.97. The van der Waals surface area contributed by atoms with Gasteiger partial charge in [-0.25, -0.2) is 4.79 Å². The number of carbonyl (C=O) groups excluding carboxylic acids is 2. The van der Waals surface area contributed by atoms with Crippen molar-refractivity contribution in [1.82, 2.24) is 0 Å². The van der Waals surface area contributed by atoms with Crippen molar-refractivity contribution in [2.24, 2.45) is 0 Å². The van der Waals surface area contributed by atoms with E-state index in [0.29, 0.717) is 23.7 Å². The Balaban J connectivity index is 1.81. The van der Waals surface area contributed by atoms with Gasteiger partial charge in [-0.2, -0.15) is 0 Å².